The Hall–Kier alpha value is -2.67. The number of nitrogens with zero attached hydrogens (tertiary/aromatic N) is 1. The van der Waals surface area contributed by atoms with Crippen molar-refractivity contribution in [2.24, 2.45) is 4.99 Å². The fourth-order valence-corrected chi connectivity index (χ4v) is 3.27. The number of anilines is 1. The molecule has 1 aliphatic rings. The van der Waals surface area contributed by atoms with Gasteiger partial charge in [0.15, 0.2) is 5.17 Å². The molecule has 1 heterocycles. The van der Waals surface area contributed by atoms with Crippen LogP contribution < -0.4 is 10.6 Å². The van der Waals surface area contributed by atoms with Crippen LogP contribution >= 0.6 is 11.8 Å². The van der Waals surface area contributed by atoms with Crippen molar-refractivity contribution in [2.45, 2.75) is 18.6 Å². The number of hydrogen-bond acceptors (Lipinski definition) is 4. The van der Waals surface area contributed by atoms with Crippen molar-refractivity contribution in [3.63, 3.8) is 0 Å². The standard InChI is InChI=1S/C18H16FN3O2S/c1-11-5-7-13(8-6-11)21-18-22-16(23)10-15(25-18)17(24)20-14-4-2-3-12(19)9-14/h2-9,15H,10H2,1H3,(H,20,24)(H,21,22,23). The van der Waals surface area contributed by atoms with Gasteiger partial charge in [-0.15, -0.1) is 0 Å². The van der Waals surface area contributed by atoms with Gasteiger partial charge < -0.3 is 10.6 Å². The van der Waals surface area contributed by atoms with Gasteiger partial charge in [-0.05, 0) is 37.3 Å². The van der Waals surface area contributed by atoms with Gasteiger partial charge >= 0.3 is 0 Å². The van der Waals surface area contributed by atoms with Gasteiger partial charge in [-0.25, -0.2) is 9.38 Å². The minimum absolute atomic E-state index is 0.0404. The molecule has 1 atom stereocenters. The fourth-order valence-electron chi connectivity index (χ4n) is 2.27. The topological polar surface area (TPSA) is 70.6 Å². The number of benzene rings is 2. The van der Waals surface area contributed by atoms with Crippen LogP contribution in [-0.2, 0) is 9.59 Å². The lowest BCUT2D eigenvalue weighted by Crippen LogP contribution is -2.41. The number of rotatable bonds is 3. The van der Waals surface area contributed by atoms with Gasteiger partial charge in [-0.3, -0.25) is 9.59 Å². The van der Waals surface area contributed by atoms with Gasteiger partial charge in [0.25, 0.3) is 0 Å². The largest absolute Gasteiger partial charge is 0.325 e. The molecule has 1 aliphatic heterocycles. The molecule has 0 radical (unpaired) electrons. The van der Waals surface area contributed by atoms with Crippen LogP contribution in [0.25, 0.3) is 0 Å². The molecule has 1 fully saturated rings. The average Bonchev–Trinajstić information content (AvgIpc) is 2.56. The normalized spacial score (nSPS) is 18.7. The molecular weight excluding hydrogens is 341 g/mol. The Labute approximate surface area is 148 Å². The van der Waals surface area contributed by atoms with E-state index in [9.17, 15) is 14.0 Å². The maximum atomic E-state index is 13.2. The van der Waals surface area contributed by atoms with Crippen LogP contribution in [0.1, 0.15) is 12.0 Å². The molecular formula is C18H16FN3O2S. The molecule has 2 amide bonds. The van der Waals surface area contributed by atoms with E-state index >= 15 is 0 Å². The summed E-state index contributed by atoms with van der Waals surface area (Å²) in [7, 11) is 0. The minimum Gasteiger partial charge on any atom is -0.325 e. The lowest BCUT2D eigenvalue weighted by atomic mass is 10.2. The van der Waals surface area contributed by atoms with Gasteiger partial charge in [0, 0.05) is 12.1 Å². The van der Waals surface area contributed by atoms with E-state index in [1.54, 1.807) is 6.07 Å². The number of aryl methyl sites for hydroxylation is 1. The van der Waals surface area contributed by atoms with E-state index in [4.69, 9.17) is 0 Å². The molecule has 25 heavy (non-hydrogen) atoms. The molecule has 1 saturated heterocycles. The third-order valence-corrected chi connectivity index (χ3v) is 4.60. The van der Waals surface area contributed by atoms with Crippen molar-refractivity contribution in [2.75, 3.05) is 5.32 Å². The van der Waals surface area contributed by atoms with Crippen LogP contribution in [0.15, 0.2) is 53.5 Å². The third-order valence-electron chi connectivity index (χ3n) is 3.52. The number of nitrogens with one attached hydrogen (secondary N) is 2. The van der Waals surface area contributed by atoms with Gasteiger partial charge in [0.05, 0.1) is 5.69 Å². The monoisotopic (exact) mass is 357 g/mol. The molecule has 2 aromatic rings. The lowest BCUT2D eigenvalue weighted by molar-refractivity contribution is -0.123. The van der Waals surface area contributed by atoms with Crippen LogP contribution in [0.5, 0.6) is 0 Å². The van der Waals surface area contributed by atoms with Crippen LogP contribution in [0.3, 0.4) is 0 Å². The van der Waals surface area contributed by atoms with Gasteiger partial charge in [0.2, 0.25) is 11.8 Å². The summed E-state index contributed by atoms with van der Waals surface area (Å²) in [5, 5.41) is 5.05. The first-order valence-electron chi connectivity index (χ1n) is 7.68. The maximum absolute atomic E-state index is 13.2. The number of thioether (sulfide) groups is 1. The second kappa shape index (κ2) is 7.48. The van der Waals surface area contributed by atoms with Crippen LogP contribution in [0.2, 0.25) is 0 Å². The van der Waals surface area contributed by atoms with E-state index in [2.05, 4.69) is 15.6 Å². The molecule has 1 unspecified atom stereocenters. The number of halogens is 1. The van der Waals surface area contributed by atoms with Crippen molar-refractivity contribution < 1.29 is 14.0 Å². The van der Waals surface area contributed by atoms with Crippen molar-refractivity contribution in [3.05, 3.63) is 59.9 Å². The van der Waals surface area contributed by atoms with E-state index in [-0.39, 0.29) is 18.2 Å². The molecule has 3 rings (SSSR count). The number of amidine groups is 1. The number of amides is 2. The summed E-state index contributed by atoms with van der Waals surface area (Å²) in [6, 6.07) is 13.1. The van der Waals surface area contributed by atoms with Gasteiger partial charge in [-0.2, -0.15) is 0 Å². The molecule has 2 aromatic carbocycles. The van der Waals surface area contributed by atoms with E-state index < -0.39 is 11.1 Å². The summed E-state index contributed by atoms with van der Waals surface area (Å²) in [6.45, 7) is 1.97. The predicted octanol–water partition coefficient (Wildman–Crippen LogP) is 3.38. The minimum atomic E-state index is -0.624. The number of hydrogen-bond donors (Lipinski definition) is 2. The van der Waals surface area contributed by atoms with Crippen molar-refractivity contribution in [1.82, 2.24) is 5.32 Å². The van der Waals surface area contributed by atoms with E-state index in [0.717, 1.165) is 5.56 Å². The highest BCUT2D eigenvalue weighted by Gasteiger charge is 2.30. The Morgan fingerprint density at radius 2 is 2.04 bits per heavy atom. The molecule has 128 valence electrons. The van der Waals surface area contributed by atoms with Gasteiger partial charge in [0.1, 0.15) is 11.1 Å². The fraction of sp³-hybridized carbons (Fsp3) is 0.167. The molecule has 0 saturated carbocycles. The summed E-state index contributed by atoms with van der Waals surface area (Å²) in [6.07, 6.45) is 0.0404. The first-order valence-corrected chi connectivity index (χ1v) is 8.56. The first-order chi connectivity index (χ1) is 12.0. The van der Waals surface area contributed by atoms with Crippen LogP contribution in [0.4, 0.5) is 15.8 Å². The molecule has 5 nitrogen and oxygen atoms in total. The Kier molecular flexibility index (Phi) is 5.14. The first kappa shape index (κ1) is 17.2. The highest BCUT2D eigenvalue weighted by Crippen LogP contribution is 2.25. The second-order valence-corrected chi connectivity index (χ2v) is 6.80. The summed E-state index contributed by atoms with van der Waals surface area (Å²) in [5.74, 6) is -1.07. The summed E-state index contributed by atoms with van der Waals surface area (Å²) < 4.78 is 13.2. The number of carbonyl (C=O) groups excluding carboxylic acids is 2. The van der Waals surface area contributed by atoms with Crippen LogP contribution in [0, 0.1) is 12.7 Å². The third kappa shape index (κ3) is 4.67. The Morgan fingerprint density at radius 1 is 1.28 bits per heavy atom. The SMILES string of the molecule is Cc1ccc(N=C2NC(=O)CC(C(=O)Nc3cccc(F)c3)S2)cc1. The predicted molar refractivity (Wildman–Crippen MR) is 97.4 cm³/mol. The summed E-state index contributed by atoms with van der Waals surface area (Å²) in [4.78, 5) is 28.6. The quantitative estimate of drug-likeness (QED) is 0.885. The van der Waals surface area contributed by atoms with Crippen LogP contribution in [-0.4, -0.2) is 22.2 Å². The second-order valence-electron chi connectivity index (χ2n) is 5.61. The van der Waals surface area contributed by atoms with Crippen molar-refractivity contribution in [1.29, 1.82) is 0 Å². The molecule has 0 aromatic heterocycles. The van der Waals surface area contributed by atoms with Gasteiger partial charge in [-0.1, -0.05) is 35.5 Å². The van der Waals surface area contributed by atoms with Crippen molar-refractivity contribution in [3.8, 4) is 0 Å². The van der Waals surface area contributed by atoms with E-state index in [1.807, 2.05) is 31.2 Å². The summed E-state index contributed by atoms with van der Waals surface area (Å²) >= 11 is 1.18. The number of aliphatic imine (C=N–C) groups is 1. The maximum Gasteiger partial charge on any atom is 0.238 e. The zero-order valence-corrected chi connectivity index (χ0v) is 14.3. The highest BCUT2D eigenvalue weighted by molar-refractivity contribution is 8.15. The Bertz CT molecular complexity index is 836. The van der Waals surface area contributed by atoms with Crippen molar-refractivity contribution >= 4 is 40.1 Å². The Balaban J connectivity index is 1.72. The number of carbonyl (C=O) groups is 2. The Morgan fingerprint density at radius 3 is 2.76 bits per heavy atom. The molecule has 0 spiro atoms. The smallest absolute Gasteiger partial charge is 0.238 e. The lowest BCUT2D eigenvalue weighted by Gasteiger charge is -2.22. The average molecular weight is 357 g/mol. The highest BCUT2D eigenvalue weighted by atomic mass is 32.2. The molecule has 7 heteroatoms. The molecule has 0 bridgehead atoms. The van der Waals surface area contributed by atoms with E-state index in [1.165, 1.54) is 30.0 Å². The summed E-state index contributed by atoms with van der Waals surface area (Å²) in [5.41, 5.74) is 2.16. The van der Waals surface area contributed by atoms with E-state index in [0.29, 0.717) is 16.5 Å². The molecule has 2 N–H and O–H groups in total. The zero-order valence-electron chi connectivity index (χ0n) is 13.5. The zero-order chi connectivity index (χ0) is 17.8. The molecule has 0 aliphatic carbocycles.